The van der Waals surface area contributed by atoms with Crippen LogP contribution in [0.5, 0.6) is 0 Å². The summed E-state index contributed by atoms with van der Waals surface area (Å²) in [6.07, 6.45) is -0.799. The zero-order valence-electron chi connectivity index (χ0n) is 19.6. The first kappa shape index (κ1) is 24.4. The van der Waals surface area contributed by atoms with Gasteiger partial charge in [0.25, 0.3) is 0 Å². The van der Waals surface area contributed by atoms with Gasteiger partial charge in [0, 0.05) is 34.9 Å². The average Bonchev–Trinajstić information content (AvgIpc) is 3.29. The second-order valence-electron chi connectivity index (χ2n) is 9.86. The SMILES string of the molecule is C[C@@H](O)[C@@H]1C(=O)N2C(C(=O)OCOC(=O)C(C)(C)C)=C(SC3CN(C4=NCCS4)C3)[C@H](C)[C@@H]12. The second-order valence-corrected chi connectivity index (χ2v) is 12.3. The topological polar surface area (TPSA) is 109 Å². The number of nitrogens with zero attached hydrogens (tertiary/aromatic N) is 3. The van der Waals surface area contributed by atoms with Crippen LogP contribution in [0, 0.1) is 17.3 Å². The molecule has 1 N–H and O–H groups in total. The van der Waals surface area contributed by atoms with Crippen LogP contribution in [-0.4, -0.2) is 87.5 Å². The number of amidine groups is 1. The Morgan fingerprint density at radius 1 is 1.30 bits per heavy atom. The van der Waals surface area contributed by atoms with Crippen molar-refractivity contribution in [2.45, 2.75) is 52.0 Å². The molecule has 4 rings (SSSR count). The van der Waals surface area contributed by atoms with E-state index in [0.717, 1.165) is 35.5 Å². The Kier molecular flexibility index (Phi) is 6.76. The first-order chi connectivity index (χ1) is 15.5. The zero-order valence-corrected chi connectivity index (χ0v) is 21.2. The van der Waals surface area contributed by atoms with Gasteiger partial charge in [-0.2, -0.15) is 0 Å². The van der Waals surface area contributed by atoms with Crippen LogP contribution in [-0.2, 0) is 23.9 Å². The maximum Gasteiger partial charge on any atom is 0.358 e. The fourth-order valence-corrected chi connectivity index (χ4v) is 6.85. The lowest BCUT2D eigenvalue weighted by Gasteiger charge is -2.46. The van der Waals surface area contributed by atoms with Gasteiger partial charge in [-0.05, 0) is 27.7 Å². The number of carbonyl (C=O) groups is 3. The van der Waals surface area contributed by atoms with Gasteiger partial charge in [-0.25, -0.2) is 4.79 Å². The van der Waals surface area contributed by atoms with Crippen LogP contribution in [0.4, 0.5) is 0 Å². The van der Waals surface area contributed by atoms with Gasteiger partial charge >= 0.3 is 11.9 Å². The van der Waals surface area contributed by atoms with Gasteiger partial charge in [0.05, 0.1) is 30.0 Å². The largest absolute Gasteiger partial charge is 0.427 e. The highest BCUT2D eigenvalue weighted by Crippen LogP contribution is 2.52. The molecule has 4 atom stereocenters. The third-order valence-electron chi connectivity index (χ3n) is 6.28. The average molecular weight is 498 g/mol. The first-order valence-corrected chi connectivity index (χ1v) is 13.1. The highest BCUT2D eigenvalue weighted by Gasteiger charge is 2.60. The molecule has 4 aliphatic heterocycles. The summed E-state index contributed by atoms with van der Waals surface area (Å²) in [6, 6.07) is -0.273. The maximum atomic E-state index is 13.0. The van der Waals surface area contributed by atoms with Crippen molar-refractivity contribution in [1.82, 2.24) is 9.80 Å². The van der Waals surface area contributed by atoms with E-state index in [2.05, 4.69) is 9.89 Å². The normalized spacial score (nSPS) is 28.2. The number of rotatable bonds is 6. The quantitative estimate of drug-likeness (QED) is 0.333. The fraction of sp³-hybridized carbons (Fsp3) is 0.727. The molecule has 0 radical (unpaired) electrons. The van der Waals surface area contributed by atoms with E-state index in [1.54, 1.807) is 51.2 Å². The standard InChI is InChI=1S/C22H31N3O6S2/c1-11-15-14(12(2)26)18(27)25(15)16(19(28)30-10-31-20(29)22(3,4)5)17(11)33-13-8-24(9-13)21-23-6-7-32-21/h11-15,26H,6-10H2,1-5H3/t11-,12-,14+,15+/m1/s1. The maximum absolute atomic E-state index is 13.0. The number of aliphatic imine (C=N–C) groups is 1. The van der Waals surface area contributed by atoms with Crippen LogP contribution in [0.3, 0.4) is 0 Å². The summed E-state index contributed by atoms with van der Waals surface area (Å²) in [5.41, 5.74) is -0.493. The van der Waals surface area contributed by atoms with E-state index in [-0.39, 0.29) is 28.8 Å². The molecule has 4 heterocycles. The molecule has 0 spiro atoms. The third kappa shape index (κ3) is 4.51. The highest BCUT2D eigenvalue weighted by molar-refractivity contribution is 8.14. The molecule has 9 nitrogen and oxygen atoms in total. The van der Waals surface area contributed by atoms with E-state index < -0.39 is 36.2 Å². The molecule has 2 saturated heterocycles. The number of hydrogen-bond donors (Lipinski definition) is 1. The number of likely N-dealkylation sites (tertiary alicyclic amines) is 1. The van der Waals surface area contributed by atoms with Crippen LogP contribution < -0.4 is 0 Å². The third-order valence-corrected chi connectivity index (χ3v) is 8.76. The van der Waals surface area contributed by atoms with Crippen LogP contribution >= 0.6 is 23.5 Å². The number of carbonyl (C=O) groups excluding carboxylic acids is 3. The van der Waals surface area contributed by atoms with Crippen LogP contribution in [0.2, 0.25) is 0 Å². The van der Waals surface area contributed by atoms with Gasteiger partial charge in [-0.1, -0.05) is 18.7 Å². The summed E-state index contributed by atoms with van der Waals surface area (Å²) in [7, 11) is 0. The van der Waals surface area contributed by atoms with Crippen molar-refractivity contribution in [3.8, 4) is 0 Å². The lowest BCUT2D eigenvalue weighted by molar-refractivity contribution is -0.175. The minimum Gasteiger partial charge on any atom is -0.427 e. The number of β-lactam (4-membered cyclic amide) rings is 1. The molecule has 0 aliphatic carbocycles. The number of ether oxygens (including phenoxy) is 2. The Bertz CT molecular complexity index is 906. The number of aliphatic hydroxyl groups is 1. The Labute approximate surface area is 202 Å². The summed E-state index contributed by atoms with van der Waals surface area (Å²) in [5, 5.41) is 11.5. The molecule has 33 heavy (non-hydrogen) atoms. The molecular weight excluding hydrogens is 466 g/mol. The van der Waals surface area contributed by atoms with Crippen molar-refractivity contribution in [3.63, 3.8) is 0 Å². The molecule has 0 saturated carbocycles. The predicted molar refractivity (Wildman–Crippen MR) is 126 cm³/mol. The second kappa shape index (κ2) is 9.14. The molecule has 0 aromatic heterocycles. The van der Waals surface area contributed by atoms with E-state index in [0.29, 0.717) is 0 Å². The molecule has 2 fully saturated rings. The van der Waals surface area contributed by atoms with Crippen molar-refractivity contribution in [2.75, 3.05) is 32.2 Å². The van der Waals surface area contributed by atoms with E-state index in [1.807, 2.05) is 6.92 Å². The van der Waals surface area contributed by atoms with Crippen molar-refractivity contribution < 1.29 is 29.0 Å². The Morgan fingerprint density at radius 2 is 2.00 bits per heavy atom. The molecular formula is C22H31N3O6S2. The van der Waals surface area contributed by atoms with E-state index in [9.17, 15) is 19.5 Å². The predicted octanol–water partition coefficient (Wildman–Crippen LogP) is 1.67. The molecule has 4 aliphatic rings. The van der Waals surface area contributed by atoms with Crippen LogP contribution in [0.25, 0.3) is 0 Å². The van der Waals surface area contributed by atoms with Gasteiger partial charge in [-0.3, -0.25) is 14.6 Å². The lowest BCUT2D eigenvalue weighted by Crippen LogP contribution is -2.63. The van der Waals surface area contributed by atoms with E-state index in [4.69, 9.17) is 9.47 Å². The molecule has 11 heteroatoms. The van der Waals surface area contributed by atoms with Gasteiger partial charge in [0.1, 0.15) is 5.70 Å². The first-order valence-electron chi connectivity index (χ1n) is 11.2. The van der Waals surface area contributed by atoms with Crippen molar-refractivity contribution in [3.05, 3.63) is 10.6 Å². The van der Waals surface area contributed by atoms with Gasteiger partial charge < -0.3 is 24.4 Å². The summed E-state index contributed by atoms with van der Waals surface area (Å²) in [5.74, 6) is -1.06. The summed E-state index contributed by atoms with van der Waals surface area (Å²) >= 11 is 3.36. The number of fused-ring (bicyclic) bond motifs is 1. The Morgan fingerprint density at radius 3 is 2.58 bits per heavy atom. The monoisotopic (exact) mass is 497 g/mol. The number of aliphatic hydroxyl groups excluding tert-OH is 1. The van der Waals surface area contributed by atoms with Crippen LogP contribution in [0.1, 0.15) is 34.6 Å². The molecule has 0 aromatic carbocycles. The lowest BCUT2D eigenvalue weighted by atomic mass is 9.79. The highest BCUT2D eigenvalue weighted by atomic mass is 32.2. The number of esters is 2. The van der Waals surface area contributed by atoms with E-state index >= 15 is 0 Å². The summed E-state index contributed by atoms with van der Waals surface area (Å²) < 4.78 is 10.3. The van der Waals surface area contributed by atoms with Crippen molar-refractivity contribution >= 4 is 46.5 Å². The van der Waals surface area contributed by atoms with Crippen LogP contribution in [0.15, 0.2) is 15.6 Å². The number of thioether (sulfide) groups is 2. The molecule has 0 aromatic rings. The van der Waals surface area contributed by atoms with Gasteiger partial charge in [0.15, 0.2) is 5.17 Å². The Hall–Kier alpha value is -1.72. The van der Waals surface area contributed by atoms with Crippen molar-refractivity contribution in [2.24, 2.45) is 22.2 Å². The van der Waals surface area contributed by atoms with Gasteiger partial charge in [0.2, 0.25) is 12.7 Å². The van der Waals surface area contributed by atoms with E-state index in [1.165, 1.54) is 4.90 Å². The smallest absolute Gasteiger partial charge is 0.358 e. The minimum absolute atomic E-state index is 0.0979. The number of amides is 1. The molecule has 0 unspecified atom stereocenters. The summed E-state index contributed by atoms with van der Waals surface area (Å²) in [6.45, 7) is 10.7. The number of hydrogen-bond acceptors (Lipinski definition) is 10. The van der Waals surface area contributed by atoms with Crippen molar-refractivity contribution in [1.29, 1.82) is 0 Å². The molecule has 0 bridgehead atoms. The zero-order chi connectivity index (χ0) is 24.1. The minimum atomic E-state index is -0.799. The Balaban J connectivity index is 1.47. The van der Waals surface area contributed by atoms with Gasteiger partial charge in [-0.15, -0.1) is 11.8 Å². The summed E-state index contributed by atoms with van der Waals surface area (Å²) in [4.78, 5) is 46.8. The fourth-order valence-electron chi connectivity index (χ4n) is 4.45. The molecule has 182 valence electrons. The molecule has 1 amide bonds.